The van der Waals surface area contributed by atoms with E-state index in [9.17, 15) is 18.0 Å². The van der Waals surface area contributed by atoms with Crippen molar-refractivity contribution in [1.82, 2.24) is 19.5 Å². The van der Waals surface area contributed by atoms with Gasteiger partial charge in [-0.05, 0) is 36.8 Å². The largest absolute Gasteiger partial charge is 0.340 e. The van der Waals surface area contributed by atoms with Crippen LogP contribution in [0.5, 0.6) is 0 Å². The molecule has 1 amide bonds. The molecule has 0 aliphatic carbocycles. The van der Waals surface area contributed by atoms with Crippen molar-refractivity contribution in [1.29, 1.82) is 0 Å². The normalized spacial score (nSPS) is 15.2. The van der Waals surface area contributed by atoms with Crippen LogP contribution < -0.4 is 4.72 Å². The molecule has 1 aromatic carbocycles. The fourth-order valence-electron chi connectivity index (χ4n) is 3.30. The lowest BCUT2D eigenvalue weighted by atomic mass is 10.2. The number of sulfonamides is 1. The van der Waals surface area contributed by atoms with E-state index >= 15 is 0 Å². The Hall–Kier alpha value is -2.62. The first-order valence-corrected chi connectivity index (χ1v) is 11.3. The van der Waals surface area contributed by atoms with Gasteiger partial charge in [-0.15, -0.1) is 0 Å². The zero-order valence-corrected chi connectivity index (χ0v) is 17.8. The van der Waals surface area contributed by atoms with Crippen LogP contribution in [-0.2, 0) is 21.4 Å². The maximum absolute atomic E-state index is 12.4. The summed E-state index contributed by atoms with van der Waals surface area (Å²) in [5.41, 5.74) is 1.64. The molecule has 0 unspecified atom stereocenters. The summed E-state index contributed by atoms with van der Waals surface area (Å²) in [6, 6.07) is 9.71. The van der Waals surface area contributed by atoms with Gasteiger partial charge in [-0.2, -0.15) is 0 Å². The summed E-state index contributed by atoms with van der Waals surface area (Å²) in [6.45, 7) is 5.10. The topological polar surface area (TPSA) is 99.7 Å². The molecule has 0 atom stereocenters. The quantitative estimate of drug-likeness (QED) is 0.634. The van der Waals surface area contributed by atoms with Crippen LogP contribution >= 0.6 is 0 Å². The zero-order valence-electron chi connectivity index (χ0n) is 17.0. The van der Waals surface area contributed by atoms with Crippen molar-refractivity contribution < 1.29 is 18.0 Å². The molecule has 9 heteroatoms. The smallest absolute Gasteiger partial charge is 0.240 e. The summed E-state index contributed by atoms with van der Waals surface area (Å²) in [6.07, 6.45) is 3.65. The third-order valence-electron chi connectivity index (χ3n) is 5.08. The predicted octanol–water partition coefficient (Wildman–Crippen LogP) is 1.30. The summed E-state index contributed by atoms with van der Waals surface area (Å²) < 4.78 is 27.2. The van der Waals surface area contributed by atoms with Crippen molar-refractivity contribution in [3.8, 4) is 0 Å². The molecule has 160 valence electrons. The van der Waals surface area contributed by atoms with Gasteiger partial charge < -0.3 is 4.90 Å². The van der Waals surface area contributed by atoms with E-state index in [1.54, 1.807) is 17.3 Å². The van der Waals surface area contributed by atoms with E-state index in [0.717, 1.165) is 19.6 Å². The van der Waals surface area contributed by atoms with Crippen LogP contribution in [-0.4, -0.2) is 67.6 Å². The first kappa shape index (κ1) is 22.1. The summed E-state index contributed by atoms with van der Waals surface area (Å²) >= 11 is 0. The maximum Gasteiger partial charge on any atom is 0.240 e. The Morgan fingerprint density at radius 2 is 1.63 bits per heavy atom. The van der Waals surface area contributed by atoms with Crippen molar-refractivity contribution in [2.45, 2.75) is 24.8 Å². The first-order valence-electron chi connectivity index (χ1n) is 9.85. The minimum atomic E-state index is -3.72. The number of hydrogen-bond donors (Lipinski definition) is 1. The van der Waals surface area contributed by atoms with Gasteiger partial charge in [-0.3, -0.25) is 19.5 Å². The van der Waals surface area contributed by atoms with Gasteiger partial charge in [0.1, 0.15) is 0 Å². The van der Waals surface area contributed by atoms with Crippen molar-refractivity contribution in [3.63, 3.8) is 0 Å². The van der Waals surface area contributed by atoms with Gasteiger partial charge >= 0.3 is 0 Å². The first-order chi connectivity index (χ1) is 14.3. The summed E-state index contributed by atoms with van der Waals surface area (Å²) in [7, 11) is -3.72. The highest BCUT2D eigenvalue weighted by molar-refractivity contribution is 7.89. The Kier molecular flexibility index (Phi) is 7.30. The van der Waals surface area contributed by atoms with E-state index < -0.39 is 10.0 Å². The molecule has 1 fully saturated rings. The van der Waals surface area contributed by atoms with E-state index in [1.165, 1.54) is 36.8 Å². The van der Waals surface area contributed by atoms with E-state index in [0.29, 0.717) is 18.7 Å². The van der Waals surface area contributed by atoms with Gasteiger partial charge in [0.15, 0.2) is 5.78 Å². The van der Waals surface area contributed by atoms with Gasteiger partial charge in [0, 0.05) is 63.6 Å². The SMILES string of the molecule is CC(=O)c1ccc(S(=O)(=O)NCCC(=O)N2CCN(Cc3ccncc3)CC2)cc1. The number of Topliss-reactive ketones (excluding diaryl/α,β-unsaturated/α-hetero) is 1. The molecule has 1 aliphatic rings. The number of nitrogens with one attached hydrogen (secondary N) is 1. The number of nitrogens with zero attached hydrogens (tertiary/aromatic N) is 3. The Bertz CT molecular complexity index is 970. The highest BCUT2D eigenvalue weighted by atomic mass is 32.2. The molecule has 2 aromatic rings. The second kappa shape index (κ2) is 9.92. The van der Waals surface area contributed by atoms with Crippen LogP contribution in [0.4, 0.5) is 0 Å². The maximum atomic E-state index is 12.4. The fraction of sp³-hybridized carbons (Fsp3) is 0.381. The van der Waals surface area contributed by atoms with Crippen LogP contribution in [0, 0.1) is 0 Å². The van der Waals surface area contributed by atoms with Crippen LogP contribution in [0.1, 0.15) is 29.3 Å². The van der Waals surface area contributed by atoms with Gasteiger partial charge in [0.25, 0.3) is 0 Å². The molecule has 0 radical (unpaired) electrons. The summed E-state index contributed by atoms with van der Waals surface area (Å²) in [5.74, 6) is -0.188. The number of ketones is 1. The second-order valence-electron chi connectivity index (χ2n) is 7.24. The molecule has 0 bridgehead atoms. The molecule has 1 N–H and O–H groups in total. The second-order valence-corrected chi connectivity index (χ2v) is 9.01. The van der Waals surface area contributed by atoms with Crippen molar-refractivity contribution in [2.24, 2.45) is 0 Å². The van der Waals surface area contributed by atoms with E-state index in [1.807, 2.05) is 12.1 Å². The number of aromatic nitrogens is 1. The molecule has 1 saturated heterocycles. The lowest BCUT2D eigenvalue weighted by Gasteiger charge is -2.34. The third-order valence-corrected chi connectivity index (χ3v) is 6.56. The number of carbonyl (C=O) groups is 2. The average molecular weight is 431 g/mol. The lowest BCUT2D eigenvalue weighted by Crippen LogP contribution is -2.48. The number of carbonyl (C=O) groups excluding carboxylic acids is 2. The minimum Gasteiger partial charge on any atom is -0.340 e. The molecule has 8 nitrogen and oxygen atoms in total. The van der Waals surface area contributed by atoms with Crippen LogP contribution in [0.2, 0.25) is 0 Å². The van der Waals surface area contributed by atoms with Crippen LogP contribution in [0.25, 0.3) is 0 Å². The third kappa shape index (κ3) is 5.94. The van der Waals surface area contributed by atoms with Crippen molar-refractivity contribution >= 4 is 21.7 Å². The lowest BCUT2D eigenvalue weighted by molar-refractivity contribution is -0.132. The van der Waals surface area contributed by atoms with Crippen molar-refractivity contribution in [3.05, 3.63) is 59.9 Å². The molecular weight excluding hydrogens is 404 g/mol. The molecule has 0 saturated carbocycles. The molecular formula is C21H26N4O4S. The fourth-order valence-corrected chi connectivity index (χ4v) is 4.34. The number of piperazine rings is 1. The Labute approximate surface area is 177 Å². The van der Waals surface area contributed by atoms with Gasteiger partial charge in [0.2, 0.25) is 15.9 Å². The number of amides is 1. The minimum absolute atomic E-state index is 0.0346. The molecule has 1 aromatic heterocycles. The van der Waals surface area contributed by atoms with Crippen LogP contribution in [0.3, 0.4) is 0 Å². The number of hydrogen-bond acceptors (Lipinski definition) is 6. The Morgan fingerprint density at radius 3 is 2.23 bits per heavy atom. The average Bonchev–Trinajstić information content (AvgIpc) is 2.75. The molecule has 3 rings (SSSR count). The summed E-state index contributed by atoms with van der Waals surface area (Å²) in [4.78, 5) is 31.9. The summed E-state index contributed by atoms with van der Waals surface area (Å²) in [5, 5.41) is 0. The molecule has 2 heterocycles. The van der Waals surface area contributed by atoms with E-state index in [-0.39, 0.29) is 29.6 Å². The Morgan fingerprint density at radius 1 is 1.00 bits per heavy atom. The van der Waals surface area contributed by atoms with E-state index in [4.69, 9.17) is 0 Å². The van der Waals surface area contributed by atoms with E-state index in [2.05, 4.69) is 14.6 Å². The van der Waals surface area contributed by atoms with Gasteiger partial charge in [0.05, 0.1) is 4.90 Å². The zero-order chi connectivity index (χ0) is 21.6. The standard InChI is InChI=1S/C21H26N4O4S/c1-17(26)19-2-4-20(5-3-19)30(28,29)23-11-8-21(27)25-14-12-24(13-15-25)16-18-6-9-22-10-7-18/h2-7,9-10,23H,8,11-16H2,1H3. The molecule has 1 aliphatic heterocycles. The number of pyridine rings is 1. The number of rotatable bonds is 8. The number of benzene rings is 1. The van der Waals surface area contributed by atoms with Gasteiger partial charge in [-0.25, -0.2) is 13.1 Å². The molecule has 0 spiro atoms. The predicted molar refractivity (Wildman–Crippen MR) is 112 cm³/mol. The highest BCUT2D eigenvalue weighted by Gasteiger charge is 2.22. The van der Waals surface area contributed by atoms with Gasteiger partial charge in [-0.1, -0.05) is 12.1 Å². The Balaban J connectivity index is 1.43. The monoisotopic (exact) mass is 430 g/mol. The highest BCUT2D eigenvalue weighted by Crippen LogP contribution is 2.12. The molecule has 30 heavy (non-hydrogen) atoms. The van der Waals surface area contributed by atoms with Crippen LogP contribution in [0.15, 0.2) is 53.7 Å². The van der Waals surface area contributed by atoms with Crippen molar-refractivity contribution in [2.75, 3.05) is 32.7 Å².